The Labute approximate surface area is 229 Å². The smallest absolute Gasteiger partial charge is 0.264 e. The Hall–Kier alpha value is -2.79. The summed E-state index contributed by atoms with van der Waals surface area (Å²) in [5, 5.41) is 0.627. The highest BCUT2D eigenvalue weighted by molar-refractivity contribution is 9.10. The minimum Gasteiger partial charge on any atom is -0.309 e. The fourth-order valence-electron chi connectivity index (χ4n) is 4.44. The number of sulfonamides is 1. The van der Waals surface area contributed by atoms with E-state index in [9.17, 15) is 13.2 Å². The quantitative estimate of drug-likeness (QED) is 0.271. The molecule has 7 nitrogen and oxygen atoms in total. The first kappa shape index (κ1) is 25.8. The number of hydrogen-bond donors (Lipinski definition) is 0. The fraction of sp³-hybridized carbons (Fsp3) is 0.259. The SMILES string of the molecule is CN(C)CCCN(C(=O)c1ccc(S(=O)(=O)N2CCc3ccccc32)cc1)c1nc2ccc(Br)cc2s1. The van der Waals surface area contributed by atoms with E-state index in [0.717, 1.165) is 38.9 Å². The van der Waals surface area contributed by atoms with E-state index in [-0.39, 0.29) is 10.8 Å². The molecule has 0 N–H and O–H groups in total. The van der Waals surface area contributed by atoms with Crippen molar-refractivity contribution in [2.45, 2.75) is 17.7 Å². The number of anilines is 2. The van der Waals surface area contributed by atoms with Crippen LogP contribution in [0.3, 0.4) is 0 Å². The molecule has 2 heterocycles. The van der Waals surface area contributed by atoms with Gasteiger partial charge < -0.3 is 4.90 Å². The summed E-state index contributed by atoms with van der Waals surface area (Å²) < 4.78 is 30.2. The molecule has 0 fully saturated rings. The van der Waals surface area contributed by atoms with Gasteiger partial charge in [-0.25, -0.2) is 13.4 Å². The number of fused-ring (bicyclic) bond motifs is 2. The minimum atomic E-state index is -3.72. The van der Waals surface area contributed by atoms with Gasteiger partial charge in [0.05, 0.1) is 20.8 Å². The molecule has 192 valence electrons. The number of hydrogen-bond acceptors (Lipinski definition) is 6. The Morgan fingerprint density at radius 3 is 2.57 bits per heavy atom. The Bertz CT molecular complexity index is 1550. The molecule has 10 heteroatoms. The van der Waals surface area contributed by atoms with Crippen molar-refractivity contribution in [1.82, 2.24) is 9.88 Å². The average Bonchev–Trinajstić information content (AvgIpc) is 3.50. The normalized spacial score (nSPS) is 13.4. The van der Waals surface area contributed by atoms with Crippen LogP contribution in [0.2, 0.25) is 0 Å². The highest BCUT2D eigenvalue weighted by Crippen LogP contribution is 2.34. The van der Waals surface area contributed by atoms with Gasteiger partial charge in [0, 0.05) is 23.1 Å². The number of aromatic nitrogens is 1. The van der Waals surface area contributed by atoms with Crippen LogP contribution in [0.15, 0.2) is 76.1 Å². The van der Waals surface area contributed by atoms with Crippen molar-refractivity contribution in [3.05, 3.63) is 82.3 Å². The highest BCUT2D eigenvalue weighted by Gasteiger charge is 2.31. The Balaban J connectivity index is 1.42. The minimum absolute atomic E-state index is 0.171. The van der Waals surface area contributed by atoms with E-state index in [4.69, 9.17) is 4.98 Å². The van der Waals surface area contributed by atoms with Gasteiger partial charge in [0.25, 0.3) is 15.9 Å². The molecule has 0 saturated carbocycles. The maximum atomic E-state index is 13.7. The standard InChI is InChI=1S/C27H27BrN4O3S2/c1-30(2)15-5-16-31(27-29-23-13-10-21(28)18-25(23)36-27)26(33)20-8-11-22(12-9-20)37(34,35)32-17-14-19-6-3-4-7-24(19)32/h3-4,6-13,18H,5,14-17H2,1-2H3. The molecule has 1 amide bonds. The Morgan fingerprint density at radius 1 is 1.05 bits per heavy atom. The molecular weight excluding hydrogens is 572 g/mol. The molecule has 1 aliphatic heterocycles. The third-order valence-corrected chi connectivity index (χ3v) is 9.70. The predicted molar refractivity (Wildman–Crippen MR) is 153 cm³/mol. The summed E-state index contributed by atoms with van der Waals surface area (Å²) in [6, 6.07) is 19.7. The lowest BCUT2D eigenvalue weighted by Crippen LogP contribution is -2.33. The zero-order valence-electron chi connectivity index (χ0n) is 20.6. The van der Waals surface area contributed by atoms with Crippen molar-refractivity contribution in [3.8, 4) is 0 Å². The van der Waals surface area contributed by atoms with Gasteiger partial charge in [-0.3, -0.25) is 14.0 Å². The van der Waals surface area contributed by atoms with Crippen LogP contribution in [0, 0.1) is 0 Å². The summed E-state index contributed by atoms with van der Waals surface area (Å²) in [5.74, 6) is -0.202. The molecule has 1 aliphatic rings. The molecule has 0 spiro atoms. The van der Waals surface area contributed by atoms with Gasteiger partial charge >= 0.3 is 0 Å². The first-order chi connectivity index (χ1) is 17.7. The number of rotatable bonds is 8. The van der Waals surface area contributed by atoms with E-state index < -0.39 is 10.0 Å². The van der Waals surface area contributed by atoms with Crippen molar-refractivity contribution in [3.63, 3.8) is 0 Å². The van der Waals surface area contributed by atoms with Crippen LogP contribution in [0.1, 0.15) is 22.3 Å². The first-order valence-electron chi connectivity index (χ1n) is 12.0. The van der Waals surface area contributed by atoms with Gasteiger partial charge in [0.2, 0.25) is 0 Å². The second-order valence-electron chi connectivity index (χ2n) is 9.20. The number of amides is 1. The van der Waals surface area contributed by atoms with E-state index in [1.165, 1.54) is 27.8 Å². The monoisotopic (exact) mass is 598 g/mol. The first-order valence-corrected chi connectivity index (χ1v) is 15.0. The van der Waals surface area contributed by atoms with Crippen molar-refractivity contribution in [2.24, 2.45) is 0 Å². The lowest BCUT2D eigenvalue weighted by atomic mass is 10.2. The second-order valence-corrected chi connectivity index (χ2v) is 13.0. The summed E-state index contributed by atoms with van der Waals surface area (Å²) >= 11 is 4.97. The molecule has 0 saturated heterocycles. The number of halogens is 1. The summed E-state index contributed by atoms with van der Waals surface area (Å²) in [6.07, 6.45) is 1.46. The summed E-state index contributed by atoms with van der Waals surface area (Å²) in [4.78, 5) is 22.3. The van der Waals surface area contributed by atoms with E-state index in [0.29, 0.717) is 30.2 Å². The van der Waals surface area contributed by atoms with Crippen LogP contribution >= 0.6 is 27.3 Å². The van der Waals surface area contributed by atoms with Gasteiger partial charge in [0.1, 0.15) is 0 Å². The maximum Gasteiger partial charge on any atom is 0.264 e. The molecule has 0 atom stereocenters. The predicted octanol–water partition coefficient (Wildman–Crippen LogP) is 5.41. The third-order valence-electron chi connectivity index (χ3n) is 6.34. The van der Waals surface area contributed by atoms with Crippen LogP contribution in [-0.2, 0) is 16.4 Å². The molecule has 4 aromatic rings. The third kappa shape index (κ3) is 5.29. The van der Waals surface area contributed by atoms with Crippen molar-refractivity contribution in [2.75, 3.05) is 42.9 Å². The van der Waals surface area contributed by atoms with E-state index in [1.807, 2.05) is 56.6 Å². The zero-order valence-corrected chi connectivity index (χ0v) is 23.8. The van der Waals surface area contributed by atoms with Crippen molar-refractivity contribution in [1.29, 1.82) is 0 Å². The number of carbonyl (C=O) groups is 1. The second kappa shape index (κ2) is 10.5. The molecule has 1 aromatic heterocycles. The molecule has 0 unspecified atom stereocenters. The van der Waals surface area contributed by atoms with Crippen LogP contribution in [0.5, 0.6) is 0 Å². The number of carbonyl (C=O) groups excluding carboxylic acids is 1. The van der Waals surface area contributed by atoms with E-state index in [1.54, 1.807) is 17.0 Å². The highest BCUT2D eigenvalue weighted by atomic mass is 79.9. The van der Waals surface area contributed by atoms with Crippen molar-refractivity contribution >= 4 is 64.2 Å². The summed E-state index contributed by atoms with van der Waals surface area (Å²) in [7, 11) is 0.275. The molecular formula is C27H27BrN4O3S2. The average molecular weight is 600 g/mol. The number of benzene rings is 3. The number of para-hydroxylation sites is 1. The molecule has 0 radical (unpaired) electrons. The van der Waals surface area contributed by atoms with E-state index >= 15 is 0 Å². The largest absolute Gasteiger partial charge is 0.309 e. The van der Waals surface area contributed by atoms with Gasteiger partial charge in [-0.15, -0.1) is 0 Å². The number of thiazole rings is 1. The maximum absolute atomic E-state index is 13.7. The van der Waals surface area contributed by atoms with Gasteiger partial charge in [-0.1, -0.05) is 45.5 Å². The van der Waals surface area contributed by atoms with Gasteiger partial charge in [-0.05, 0) is 87.6 Å². The van der Waals surface area contributed by atoms with Crippen LogP contribution < -0.4 is 9.21 Å². The van der Waals surface area contributed by atoms with Gasteiger partial charge in [-0.2, -0.15) is 0 Å². The fourth-order valence-corrected chi connectivity index (χ4v) is 7.49. The van der Waals surface area contributed by atoms with Crippen molar-refractivity contribution < 1.29 is 13.2 Å². The molecule has 5 rings (SSSR count). The van der Waals surface area contributed by atoms with Gasteiger partial charge in [0.15, 0.2) is 5.13 Å². The zero-order chi connectivity index (χ0) is 26.2. The summed E-state index contributed by atoms with van der Waals surface area (Å²) in [6.45, 7) is 1.74. The van der Waals surface area contributed by atoms with E-state index in [2.05, 4.69) is 20.8 Å². The molecule has 0 bridgehead atoms. The van der Waals surface area contributed by atoms with Crippen LogP contribution in [-0.4, -0.2) is 57.9 Å². The lowest BCUT2D eigenvalue weighted by Gasteiger charge is -2.22. The number of nitrogens with zero attached hydrogens (tertiary/aromatic N) is 4. The Morgan fingerprint density at radius 2 is 1.81 bits per heavy atom. The molecule has 37 heavy (non-hydrogen) atoms. The molecule has 0 aliphatic carbocycles. The lowest BCUT2D eigenvalue weighted by molar-refractivity contribution is 0.0986. The topological polar surface area (TPSA) is 73.8 Å². The van der Waals surface area contributed by atoms with Crippen LogP contribution in [0.25, 0.3) is 10.2 Å². The summed E-state index contributed by atoms with van der Waals surface area (Å²) in [5.41, 5.74) is 3.00. The van der Waals surface area contributed by atoms with Crippen LogP contribution in [0.4, 0.5) is 10.8 Å². The Kier molecular flexibility index (Phi) is 7.35. The molecule has 3 aromatic carbocycles.